The summed E-state index contributed by atoms with van der Waals surface area (Å²) in [6, 6.07) is -3.41. The molecule has 0 rings (SSSR count). The number of hydrogen-bond donors (Lipinski definition) is 2. The van der Waals surface area contributed by atoms with Crippen molar-refractivity contribution in [2.45, 2.75) is 64.0 Å². The molecule has 8 nitrogen and oxygen atoms in total. The molecule has 0 saturated carbocycles. The minimum absolute atomic E-state index is 0.0827. The topological polar surface area (TPSA) is 111 Å². The molecule has 0 aromatic heterocycles. The van der Waals surface area contributed by atoms with Crippen LogP contribution in [-0.2, 0) is 28.7 Å². The summed E-state index contributed by atoms with van der Waals surface area (Å²) in [7, 11) is 1.37. The minimum Gasteiger partial charge on any atom is -0.464 e. The Morgan fingerprint density at radius 1 is 0.706 bits per heavy atom. The number of alkyl halides is 6. The number of carbonyl (C=O) groups excluding carboxylic acids is 4. The van der Waals surface area contributed by atoms with Crippen LogP contribution < -0.4 is 10.6 Å². The zero-order valence-corrected chi connectivity index (χ0v) is 20.0. The number of esters is 2. The highest BCUT2D eigenvalue weighted by atomic mass is 33.1. The van der Waals surface area contributed by atoms with Gasteiger partial charge in [0.25, 0.3) is 0 Å². The first kappa shape index (κ1) is 32.2. The third-order valence-electron chi connectivity index (χ3n) is 3.73. The van der Waals surface area contributed by atoms with Crippen molar-refractivity contribution in [3.8, 4) is 0 Å². The van der Waals surface area contributed by atoms with Gasteiger partial charge in [-0.05, 0) is 12.8 Å². The second-order valence-corrected chi connectivity index (χ2v) is 9.21. The number of hydrogen-bond acceptors (Lipinski definition) is 8. The van der Waals surface area contributed by atoms with E-state index in [1.54, 1.807) is 13.8 Å². The quantitative estimate of drug-likeness (QED) is 0.140. The van der Waals surface area contributed by atoms with E-state index in [0.29, 0.717) is 47.3 Å². The maximum absolute atomic E-state index is 12.5. The normalized spacial score (nSPS) is 13.5. The lowest BCUT2D eigenvalue weighted by molar-refractivity contribution is -0.175. The number of nitrogens with one attached hydrogen (secondary N) is 2. The maximum atomic E-state index is 12.5. The van der Waals surface area contributed by atoms with Crippen LogP contribution in [0, 0.1) is 0 Å². The fourth-order valence-electron chi connectivity index (χ4n) is 1.89. The molecule has 2 atom stereocenters. The van der Waals surface area contributed by atoms with Crippen LogP contribution in [0.5, 0.6) is 0 Å². The maximum Gasteiger partial charge on any atom is 0.471 e. The summed E-state index contributed by atoms with van der Waals surface area (Å²) in [4.78, 5) is 46.5. The molecule has 198 valence electrons. The molecule has 0 aliphatic heterocycles. The molecule has 0 spiro atoms. The van der Waals surface area contributed by atoms with E-state index in [1.165, 1.54) is 10.6 Å². The standard InChI is InChI=1S/C18H26F6N2O6S2/c1-3-5-7-31-13(27)11(25-15(29)17(19,20)21)9-33-34-10-12(14(28)32-8-6-4-2)26-16(30)18(22,23)24/h11-12H,3-10H2,1-2H3,(H,25,29)(H,26,30)/t11-,12+. The summed E-state index contributed by atoms with van der Waals surface area (Å²) in [6.07, 6.45) is -8.36. The van der Waals surface area contributed by atoms with Crippen LogP contribution in [0.2, 0.25) is 0 Å². The fraction of sp³-hybridized carbons (Fsp3) is 0.778. The largest absolute Gasteiger partial charge is 0.471 e. The molecule has 2 N–H and O–H groups in total. The van der Waals surface area contributed by atoms with E-state index < -0.39 is 59.7 Å². The lowest BCUT2D eigenvalue weighted by atomic mass is 10.3. The van der Waals surface area contributed by atoms with Crippen LogP contribution >= 0.6 is 21.6 Å². The second-order valence-electron chi connectivity index (χ2n) is 6.66. The van der Waals surface area contributed by atoms with Gasteiger partial charge in [0.1, 0.15) is 12.1 Å². The van der Waals surface area contributed by atoms with E-state index >= 15 is 0 Å². The number of halogens is 6. The van der Waals surface area contributed by atoms with Crippen LogP contribution in [0.15, 0.2) is 0 Å². The van der Waals surface area contributed by atoms with Gasteiger partial charge in [-0.1, -0.05) is 48.3 Å². The van der Waals surface area contributed by atoms with Crippen molar-refractivity contribution >= 4 is 45.3 Å². The molecule has 0 bridgehead atoms. The van der Waals surface area contributed by atoms with Gasteiger partial charge in [0.05, 0.1) is 13.2 Å². The average molecular weight is 545 g/mol. The van der Waals surface area contributed by atoms with E-state index in [0.717, 1.165) is 0 Å². The zero-order chi connectivity index (χ0) is 26.4. The van der Waals surface area contributed by atoms with Crippen molar-refractivity contribution in [1.29, 1.82) is 0 Å². The summed E-state index contributed by atoms with van der Waals surface area (Å²) in [5.74, 6) is -7.90. The molecule has 0 unspecified atom stereocenters. The molecule has 0 radical (unpaired) electrons. The predicted molar refractivity (Wildman–Crippen MR) is 113 cm³/mol. The lowest BCUT2D eigenvalue weighted by Crippen LogP contribution is -2.49. The summed E-state index contributed by atoms with van der Waals surface area (Å²) in [5, 5.41) is 3.00. The van der Waals surface area contributed by atoms with Crippen LogP contribution in [0.3, 0.4) is 0 Å². The molecule has 0 saturated heterocycles. The Kier molecular flexibility index (Phi) is 15.1. The molecule has 0 aliphatic rings. The Morgan fingerprint density at radius 2 is 1.03 bits per heavy atom. The number of unbranched alkanes of at least 4 members (excludes halogenated alkanes) is 2. The molecule has 0 aromatic rings. The zero-order valence-electron chi connectivity index (χ0n) is 18.3. The van der Waals surface area contributed by atoms with Crippen molar-refractivity contribution in [2.75, 3.05) is 24.7 Å². The minimum atomic E-state index is -5.25. The summed E-state index contributed by atoms with van der Waals surface area (Å²) in [5.41, 5.74) is 0. The summed E-state index contributed by atoms with van der Waals surface area (Å²) in [6.45, 7) is 3.40. The Labute approximate surface area is 200 Å². The molecule has 0 fully saturated rings. The van der Waals surface area contributed by atoms with Crippen molar-refractivity contribution in [3.05, 3.63) is 0 Å². The number of amides is 2. The third kappa shape index (κ3) is 13.8. The monoisotopic (exact) mass is 544 g/mol. The molecule has 0 heterocycles. The van der Waals surface area contributed by atoms with Gasteiger partial charge in [0.2, 0.25) is 0 Å². The van der Waals surface area contributed by atoms with Gasteiger partial charge in [0, 0.05) is 11.5 Å². The Balaban J connectivity index is 5.06. The number of carbonyl (C=O) groups is 4. The Morgan fingerprint density at radius 3 is 1.29 bits per heavy atom. The molecule has 0 aliphatic carbocycles. The first-order chi connectivity index (χ1) is 15.7. The van der Waals surface area contributed by atoms with Gasteiger partial charge < -0.3 is 20.1 Å². The van der Waals surface area contributed by atoms with E-state index in [2.05, 4.69) is 0 Å². The average Bonchev–Trinajstić information content (AvgIpc) is 2.73. The van der Waals surface area contributed by atoms with Crippen molar-refractivity contribution < 1.29 is 55.0 Å². The van der Waals surface area contributed by atoms with Gasteiger partial charge in [-0.3, -0.25) is 9.59 Å². The van der Waals surface area contributed by atoms with Crippen LogP contribution in [0.25, 0.3) is 0 Å². The van der Waals surface area contributed by atoms with Crippen molar-refractivity contribution in [2.24, 2.45) is 0 Å². The van der Waals surface area contributed by atoms with E-state index in [9.17, 15) is 45.5 Å². The number of rotatable bonds is 15. The highest BCUT2D eigenvalue weighted by molar-refractivity contribution is 8.76. The number of ether oxygens (including phenoxy) is 2. The molecule has 2 amide bonds. The SMILES string of the molecule is CCCCOC(=O)[C@H](CSSC[C@@H](NC(=O)C(F)(F)F)C(=O)OCCCC)NC(=O)C(F)(F)F. The fourth-order valence-corrected chi connectivity index (χ4v) is 4.18. The first-order valence-corrected chi connectivity index (χ1v) is 12.6. The van der Waals surface area contributed by atoms with Crippen molar-refractivity contribution in [1.82, 2.24) is 10.6 Å². The molecule has 0 aromatic carbocycles. The second kappa shape index (κ2) is 15.9. The molecular formula is C18H26F6N2O6S2. The Hall–Kier alpha value is -1.84. The molecule has 16 heteroatoms. The Bertz CT molecular complexity index is 622. The van der Waals surface area contributed by atoms with E-state index in [4.69, 9.17) is 9.47 Å². The van der Waals surface area contributed by atoms with Crippen molar-refractivity contribution in [3.63, 3.8) is 0 Å². The third-order valence-corrected chi connectivity index (χ3v) is 6.15. The first-order valence-electron chi connectivity index (χ1n) is 10.1. The van der Waals surface area contributed by atoms with Gasteiger partial charge in [0.15, 0.2) is 0 Å². The lowest BCUT2D eigenvalue weighted by Gasteiger charge is -2.20. The highest BCUT2D eigenvalue weighted by Crippen LogP contribution is 2.25. The van der Waals surface area contributed by atoms with Gasteiger partial charge in [-0.15, -0.1) is 0 Å². The van der Waals surface area contributed by atoms with Gasteiger partial charge in [-0.2, -0.15) is 26.3 Å². The van der Waals surface area contributed by atoms with Gasteiger partial charge in [-0.25, -0.2) is 9.59 Å². The summed E-state index contributed by atoms with van der Waals surface area (Å²) >= 11 is 0. The smallest absolute Gasteiger partial charge is 0.464 e. The highest BCUT2D eigenvalue weighted by Gasteiger charge is 2.42. The van der Waals surface area contributed by atoms with Crippen LogP contribution in [-0.4, -0.2) is 72.9 Å². The van der Waals surface area contributed by atoms with E-state index in [-0.39, 0.29) is 13.2 Å². The predicted octanol–water partition coefficient (Wildman–Crippen LogP) is 3.15. The van der Waals surface area contributed by atoms with Crippen LogP contribution in [0.4, 0.5) is 26.3 Å². The molecular weight excluding hydrogens is 518 g/mol. The van der Waals surface area contributed by atoms with Crippen LogP contribution in [0.1, 0.15) is 39.5 Å². The molecule has 34 heavy (non-hydrogen) atoms. The van der Waals surface area contributed by atoms with E-state index in [1.807, 2.05) is 0 Å². The summed E-state index contributed by atoms with van der Waals surface area (Å²) < 4.78 is 84.9. The van der Waals surface area contributed by atoms with Gasteiger partial charge >= 0.3 is 36.1 Å².